The quantitative estimate of drug-likeness (QED) is 0.326. The molecule has 0 spiro atoms. The van der Waals surface area contributed by atoms with Crippen molar-refractivity contribution in [1.82, 2.24) is 9.29 Å². The van der Waals surface area contributed by atoms with Gasteiger partial charge in [-0.3, -0.25) is 9.36 Å². The van der Waals surface area contributed by atoms with Gasteiger partial charge in [0, 0.05) is 11.6 Å². The number of benzene rings is 3. The highest BCUT2D eigenvalue weighted by Crippen LogP contribution is 2.29. The molecule has 3 aromatic carbocycles. The number of nitrogens with one attached hydrogen (secondary N) is 1. The fourth-order valence-electron chi connectivity index (χ4n) is 3.57. The Labute approximate surface area is 212 Å². The van der Waals surface area contributed by atoms with Crippen LogP contribution in [0.4, 0.5) is 0 Å². The van der Waals surface area contributed by atoms with Crippen LogP contribution >= 0.6 is 22.9 Å². The molecule has 0 aliphatic rings. The maximum absolute atomic E-state index is 13.0. The SMILES string of the molecule is COc1cc(CNS(=O)(=O)c2ccc3c(c2)sc(=O)n3Cc2ccc(Cl)cc2)ccc1OC(C)C. The highest BCUT2D eigenvalue weighted by molar-refractivity contribution is 7.89. The molecule has 10 heteroatoms. The molecule has 0 aliphatic carbocycles. The highest BCUT2D eigenvalue weighted by Gasteiger charge is 2.18. The highest BCUT2D eigenvalue weighted by atomic mass is 35.5. The van der Waals surface area contributed by atoms with Crippen LogP contribution in [0.3, 0.4) is 0 Å². The molecular formula is C25H25ClN2O5S2. The summed E-state index contributed by atoms with van der Waals surface area (Å²) in [5.41, 5.74) is 2.33. The molecule has 0 radical (unpaired) electrons. The Bertz CT molecular complexity index is 1510. The standard InChI is InChI=1S/C25H25ClN2O5S2/c1-16(2)33-22-11-6-18(12-23(22)32-3)14-27-35(30,31)20-9-10-21-24(13-20)34-25(29)28(21)15-17-4-7-19(26)8-5-17/h4-13,16,27H,14-15H2,1-3H3. The van der Waals surface area contributed by atoms with Crippen molar-refractivity contribution < 1.29 is 17.9 Å². The number of nitrogens with zero attached hydrogens (tertiary/aromatic N) is 1. The average Bonchev–Trinajstić information content (AvgIpc) is 3.13. The molecule has 184 valence electrons. The van der Waals surface area contributed by atoms with E-state index in [1.54, 1.807) is 41.0 Å². The number of thiazole rings is 1. The van der Waals surface area contributed by atoms with Gasteiger partial charge in [-0.15, -0.1) is 0 Å². The third-order valence-corrected chi connectivity index (χ3v) is 7.85. The summed E-state index contributed by atoms with van der Waals surface area (Å²) in [7, 11) is -2.27. The van der Waals surface area contributed by atoms with Gasteiger partial charge < -0.3 is 9.47 Å². The van der Waals surface area contributed by atoms with E-state index < -0.39 is 10.0 Å². The van der Waals surface area contributed by atoms with Crippen molar-refractivity contribution in [3.8, 4) is 11.5 Å². The van der Waals surface area contributed by atoms with Gasteiger partial charge in [0.15, 0.2) is 11.5 Å². The van der Waals surface area contributed by atoms with Crippen LogP contribution in [-0.2, 0) is 23.1 Å². The molecule has 0 saturated carbocycles. The topological polar surface area (TPSA) is 86.6 Å². The van der Waals surface area contributed by atoms with Gasteiger partial charge in [0.2, 0.25) is 10.0 Å². The van der Waals surface area contributed by atoms with E-state index in [1.807, 2.05) is 26.0 Å². The van der Waals surface area contributed by atoms with Crippen LogP contribution in [0, 0.1) is 0 Å². The van der Waals surface area contributed by atoms with Gasteiger partial charge >= 0.3 is 4.87 Å². The number of methoxy groups -OCH3 is 1. The molecule has 35 heavy (non-hydrogen) atoms. The van der Waals surface area contributed by atoms with Crippen LogP contribution in [0.2, 0.25) is 5.02 Å². The van der Waals surface area contributed by atoms with E-state index in [-0.39, 0.29) is 22.4 Å². The Hall–Kier alpha value is -2.85. The second-order valence-corrected chi connectivity index (χ2v) is 11.4. The lowest BCUT2D eigenvalue weighted by atomic mass is 10.2. The number of sulfonamides is 1. The predicted molar refractivity (Wildman–Crippen MR) is 139 cm³/mol. The van der Waals surface area contributed by atoms with Crippen molar-refractivity contribution in [2.75, 3.05) is 7.11 Å². The molecule has 0 amide bonds. The molecule has 0 bridgehead atoms. The van der Waals surface area contributed by atoms with E-state index in [2.05, 4.69) is 4.72 Å². The molecule has 1 aromatic heterocycles. The maximum Gasteiger partial charge on any atom is 0.308 e. The van der Waals surface area contributed by atoms with Crippen molar-refractivity contribution >= 4 is 43.2 Å². The molecule has 0 saturated heterocycles. The summed E-state index contributed by atoms with van der Waals surface area (Å²) in [5.74, 6) is 1.13. The zero-order valence-corrected chi connectivity index (χ0v) is 21.8. The van der Waals surface area contributed by atoms with E-state index in [0.29, 0.717) is 33.3 Å². The molecule has 1 N–H and O–H groups in total. The summed E-state index contributed by atoms with van der Waals surface area (Å²) in [4.78, 5) is 12.5. The average molecular weight is 533 g/mol. The summed E-state index contributed by atoms with van der Waals surface area (Å²) in [5, 5.41) is 0.622. The summed E-state index contributed by atoms with van der Waals surface area (Å²) in [6.07, 6.45) is -0.0140. The lowest BCUT2D eigenvalue weighted by molar-refractivity contribution is 0.230. The summed E-state index contributed by atoms with van der Waals surface area (Å²) in [6.45, 7) is 4.28. The first-order valence-electron chi connectivity index (χ1n) is 10.9. The molecule has 0 unspecified atom stereocenters. The van der Waals surface area contributed by atoms with Crippen molar-refractivity contribution in [1.29, 1.82) is 0 Å². The minimum atomic E-state index is -3.81. The molecule has 0 atom stereocenters. The lowest BCUT2D eigenvalue weighted by Crippen LogP contribution is -2.23. The van der Waals surface area contributed by atoms with Gasteiger partial charge in [-0.2, -0.15) is 0 Å². The van der Waals surface area contributed by atoms with Crippen molar-refractivity contribution in [3.63, 3.8) is 0 Å². The minimum absolute atomic E-state index is 0.0140. The van der Waals surface area contributed by atoms with Crippen LogP contribution in [0.15, 0.2) is 70.4 Å². The number of aromatic nitrogens is 1. The zero-order chi connectivity index (χ0) is 25.2. The van der Waals surface area contributed by atoms with Crippen LogP contribution in [-0.4, -0.2) is 26.2 Å². The lowest BCUT2D eigenvalue weighted by Gasteiger charge is -2.15. The smallest absolute Gasteiger partial charge is 0.308 e. The molecule has 4 rings (SSSR count). The first-order valence-corrected chi connectivity index (χ1v) is 13.5. The number of halogens is 1. The Kier molecular flexibility index (Phi) is 7.51. The number of ether oxygens (including phenoxy) is 2. The molecule has 1 heterocycles. The van der Waals surface area contributed by atoms with Gasteiger partial charge in [0.05, 0.1) is 34.9 Å². The van der Waals surface area contributed by atoms with Gasteiger partial charge in [0.1, 0.15) is 0 Å². The molecule has 4 aromatic rings. The van der Waals surface area contributed by atoms with Crippen LogP contribution in [0.5, 0.6) is 11.5 Å². The van der Waals surface area contributed by atoms with Gasteiger partial charge in [-0.25, -0.2) is 13.1 Å². The van der Waals surface area contributed by atoms with Crippen LogP contribution < -0.4 is 19.1 Å². The second-order valence-electron chi connectivity index (χ2n) is 8.19. The number of hydrogen-bond donors (Lipinski definition) is 1. The van der Waals surface area contributed by atoms with Crippen molar-refractivity contribution in [3.05, 3.63) is 86.5 Å². The van der Waals surface area contributed by atoms with Gasteiger partial charge in [-0.05, 0) is 67.4 Å². The fraction of sp³-hybridized carbons (Fsp3) is 0.240. The summed E-state index contributed by atoms with van der Waals surface area (Å²) < 4.78 is 41.9. The summed E-state index contributed by atoms with van der Waals surface area (Å²) >= 11 is 6.96. The third kappa shape index (κ3) is 5.87. The zero-order valence-electron chi connectivity index (χ0n) is 19.4. The number of hydrogen-bond acceptors (Lipinski definition) is 6. The van der Waals surface area contributed by atoms with E-state index >= 15 is 0 Å². The third-order valence-electron chi connectivity index (χ3n) is 5.26. The summed E-state index contributed by atoms with van der Waals surface area (Å²) in [6, 6.07) is 17.3. The Morgan fingerprint density at radius 3 is 2.40 bits per heavy atom. The Morgan fingerprint density at radius 1 is 1.00 bits per heavy atom. The second kappa shape index (κ2) is 10.4. The molecular weight excluding hydrogens is 508 g/mol. The van der Waals surface area contributed by atoms with E-state index in [0.717, 1.165) is 22.5 Å². The number of fused-ring (bicyclic) bond motifs is 1. The normalized spacial score (nSPS) is 11.8. The van der Waals surface area contributed by atoms with Crippen molar-refractivity contribution in [2.24, 2.45) is 0 Å². The molecule has 7 nitrogen and oxygen atoms in total. The van der Waals surface area contributed by atoms with E-state index in [4.69, 9.17) is 21.1 Å². The Balaban J connectivity index is 1.53. The number of rotatable bonds is 9. The first-order chi connectivity index (χ1) is 16.7. The minimum Gasteiger partial charge on any atom is -0.493 e. The first kappa shape index (κ1) is 25.2. The van der Waals surface area contributed by atoms with Gasteiger partial charge in [0.25, 0.3) is 0 Å². The van der Waals surface area contributed by atoms with Gasteiger partial charge in [-0.1, -0.05) is 41.1 Å². The van der Waals surface area contributed by atoms with Crippen LogP contribution in [0.25, 0.3) is 10.2 Å². The van der Waals surface area contributed by atoms with E-state index in [9.17, 15) is 13.2 Å². The van der Waals surface area contributed by atoms with E-state index in [1.165, 1.54) is 19.2 Å². The maximum atomic E-state index is 13.0. The van der Waals surface area contributed by atoms with Crippen molar-refractivity contribution in [2.45, 2.75) is 37.9 Å². The monoisotopic (exact) mass is 532 g/mol. The molecule has 0 aliphatic heterocycles. The van der Waals surface area contributed by atoms with Crippen LogP contribution in [0.1, 0.15) is 25.0 Å². The fourth-order valence-corrected chi connectivity index (χ4v) is 5.74. The largest absolute Gasteiger partial charge is 0.493 e. The predicted octanol–water partition coefficient (Wildman–Crippen LogP) is 5.04. The molecule has 0 fully saturated rings. The Morgan fingerprint density at radius 2 is 1.71 bits per heavy atom.